The predicted molar refractivity (Wildman–Crippen MR) is 121 cm³/mol. The van der Waals surface area contributed by atoms with Gasteiger partial charge in [0.15, 0.2) is 5.96 Å². The van der Waals surface area contributed by atoms with E-state index in [1.54, 1.807) is 19.2 Å². The Labute approximate surface area is 185 Å². The molecule has 29 heavy (non-hydrogen) atoms. The molecule has 1 heterocycles. The molecular weight excluding hydrogens is 491 g/mol. The average Bonchev–Trinajstić information content (AvgIpc) is 3.00. The van der Waals surface area contributed by atoms with Crippen LogP contribution in [0.15, 0.2) is 53.5 Å². The smallest absolute Gasteiger partial charge is 0.387 e. The number of alkyl halides is 2. The molecule has 6 nitrogen and oxygen atoms in total. The van der Waals surface area contributed by atoms with Gasteiger partial charge < -0.3 is 19.5 Å². The average molecular weight is 515 g/mol. The minimum atomic E-state index is -2.82. The summed E-state index contributed by atoms with van der Waals surface area (Å²) in [5.41, 5.74) is 2.99. The number of aliphatic imine (C=N–C) groups is 1. The number of rotatable bonds is 6. The van der Waals surface area contributed by atoms with Gasteiger partial charge >= 0.3 is 6.61 Å². The monoisotopic (exact) mass is 515 g/mol. The summed E-state index contributed by atoms with van der Waals surface area (Å²) in [4.78, 5) is 10.9. The first kappa shape index (κ1) is 22.9. The summed E-state index contributed by atoms with van der Waals surface area (Å²) in [5, 5.41) is 3.31. The number of fused-ring (bicyclic) bond motifs is 1. The number of aromatic nitrogens is 2. The largest absolute Gasteiger partial charge is 0.435 e. The summed E-state index contributed by atoms with van der Waals surface area (Å²) in [5.74, 6) is 1.76. The molecule has 3 aromatic rings. The highest BCUT2D eigenvalue weighted by Crippen LogP contribution is 2.16. The molecule has 156 valence electrons. The van der Waals surface area contributed by atoms with Gasteiger partial charge in [-0.2, -0.15) is 8.78 Å². The van der Waals surface area contributed by atoms with Crippen molar-refractivity contribution in [2.24, 2.45) is 12.0 Å². The fourth-order valence-corrected chi connectivity index (χ4v) is 3.02. The van der Waals surface area contributed by atoms with Gasteiger partial charge in [0, 0.05) is 27.7 Å². The lowest BCUT2D eigenvalue weighted by atomic mass is 10.2. The van der Waals surface area contributed by atoms with Gasteiger partial charge in [-0.15, -0.1) is 24.0 Å². The Bertz CT molecular complexity index is 959. The number of benzene rings is 2. The van der Waals surface area contributed by atoms with Crippen LogP contribution in [-0.4, -0.2) is 41.1 Å². The molecule has 0 aliphatic carbocycles. The van der Waals surface area contributed by atoms with Crippen molar-refractivity contribution < 1.29 is 13.5 Å². The first-order valence-corrected chi connectivity index (χ1v) is 8.84. The summed E-state index contributed by atoms with van der Waals surface area (Å²) in [7, 11) is 5.61. The number of aryl methyl sites for hydroxylation is 1. The van der Waals surface area contributed by atoms with Crippen molar-refractivity contribution >= 4 is 41.0 Å². The van der Waals surface area contributed by atoms with Gasteiger partial charge in [-0.1, -0.05) is 24.3 Å². The Hall–Kier alpha value is -2.43. The Morgan fingerprint density at radius 2 is 1.90 bits per heavy atom. The molecule has 1 N–H and O–H groups in total. The number of nitrogens with one attached hydrogen (secondary N) is 1. The fraction of sp³-hybridized carbons (Fsp3) is 0.300. The Balaban J connectivity index is 0.00000300. The number of hydrogen-bond acceptors (Lipinski definition) is 3. The molecule has 1 aromatic heterocycles. The number of para-hydroxylation sites is 2. The number of guanidine groups is 1. The molecule has 0 unspecified atom stereocenters. The molecule has 0 atom stereocenters. The van der Waals surface area contributed by atoms with Crippen LogP contribution in [-0.2, 0) is 20.1 Å². The molecule has 0 radical (unpaired) electrons. The van der Waals surface area contributed by atoms with E-state index in [1.807, 2.05) is 43.3 Å². The maximum absolute atomic E-state index is 12.2. The predicted octanol–water partition coefficient (Wildman–Crippen LogP) is 4.00. The Kier molecular flexibility index (Phi) is 8.18. The van der Waals surface area contributed by atoms with Crippen molar-refractivity contribution in [1.29, 1.82) is 0 Å². The van der Waals surface area contributed by atoms with Crippen LogP contribution in [0.2, 0.25) is 0 Å². The molecule has 0 saturated heterocycles. The quantitative estimate of drug-likeness (QED) is 0.307. The third-order valence-corrected chi connectivity index (χ3v) is 4.43. The topological polar surface area (TPSA) is 54.7 Å². The molecule has 0 aliphatic rings. The van der Waals surface area contributed by atoms with Crippen LogP contribution in [0.3, 0.4) is 0 Å². The number of imidazole rings is 1. The first-order valence-electron chi connectivity index (χ1n) is 8.84. The van der Waals surface area contributed by atoms with E-state index in [0.29, 0.717) is 19.0 Å². The van der Waals surface area contributed by atoms with Crippen molar-refractivity contribution in [3.8, 4) is 5.75 Å². The summed E-state index contributed by atoms with van der Waals surface area (Å²) in [6, 6.07) is 14.6. The van der Waals surface area contributed by atoms with Gasteiger partial charge in [0.05, 0.1) is 17.6 Å². The zero-order valence-corrected chi connectivity index (χ0v) is 18.8. The van der Waals surface area contributed by atoms with Crippen molar-refractivity contribution in [3.63, 3.8) is 0 Å². The van der Waals surface area contributed by atoms with E-state index in [2.05, 4.69) is 24.6 Å². The van der Waals surface area contributed by atoms with Gasteiger partial charge in [0.1, 0.15) is 11.6 Å². The molecule has 9 heteroatoms. The maximum atomic E-state index is 12.2. The van der Waals surface area contributed by atoms with E-state index in [-0.39, 0.29) is 29.7 Å². The minimum absolute atomic E-state index is 0. The van der Waals surface area contributed by atoms with Crippen LogP contribution in [0.1, 0.15) is 11.4 Å². The third kappa shape index (κ3) is 5.78. The van der Waals surface area contributed by atoms with E-state index >= 15 is 0 Å². The fourth-order valence-electron chi connectivity index (χ4n) is 3.02. The lowest BCUT2D eigenvalue weighted by Crippen LogP contribution is -2.38. The molecule has 0 aliphatic heterocycles. The van der Waals surface area contributed by atoms with Crippen molar-refractivity contribution in [2.45, 2.75) is 19.7 Å². The highest BCUT2D eigenvalue weighted by atomic mass is 127. The van der Waals surface area contributed by atoms with Crippen LogP contribution in [0.5, 0.6) is 5.75 Å². The molecule has 0 spiro atoms. The molecule has 2 aromatic carbocycles. The molecule has 0 fully saturated rings. The lowest BCUT2D eigenvalue weighted by Gasteiger charge is -2.22. The second-order valence-corrected chi connectivity index (χ2v) is 6.36. The highest BCUT2D eigenvalue weighted by molar-refractivity contribution is 14.0. The van der Waals surface area contributed by atoms with Crippen molar-refractivity contribution in [2.75, 3.05) is 14.1 Å². The Morgan fingerprint density at radius 3 is 2.52 bits per heavy atom. The van der Waals surface area contributed by atoms with Gasteiger partial charge in [-0.3, -0.25) is 4.99 Å². The van der Waals surface area contributed by atoms with E-state index in [1.165, 1.54) is 12.1 Å². The van der Waals surface area contributed by atoms with E-state index in [0.717, 1.165) is 22.4 Å². The first-order chi connectivity index (χ1) is 13.5. The summed E-state index contributed by atoms with van der Waals surface area (Å²) in [6.45, 7) is -1.72. The van der Waals surface area contributed by atoms with Crippen LogP contribution in [0, 0.1) is 0 Å². The number of ether oxygens (including phenoxy) is 1. The highest BCUT2D eigenvalue weighted by Gasteiger charge is 2.11. The van der Waals surface area contributed by atoms with Crippen molar-refractivity contribution in [3.05, 3.63) is 59.9 Å². The van der Waals surface area contributed by atoms with Crippen LogP contribution in [0.25, 0.3) is 11.0 Å². The number of halogens is 3. The van der Waals surface area contributed by atoms with E-state index < -0.39 is 6.61 Å². The Morgan fingerprint density at radius 1 is 1.21 bits per heavy atom. The van der Waals surface area contributed by atoms with E-state index in [4.69, 9.17) is 0 Å². The second-order valence-electron chi connectivity index (χ2n) is 6.36. The maximum Gasteiger partial charge on any atom is 0.387 e. The number of hydrogen-bond donors (Lipinski definition) is 1. The van der Waals surface area contributed by atoms with E-state index in [9.17, 15) is 8.78 Å². The molecule has 3 rings (SSSR count). The number of nitrogens with zero attached hydrogens (tertiary/aromatic N) is 4. The zero-order valence-electron chi connectivity index (χ0n) is 16.5. The summed E-state index contributed by atoms with van der Waals surface area (Å²) >= 11 is 0. The minimum Gasteiger partial charge on any atom is -0.435 e. The normalized spacial score (nSPS) is 11.4. The molecule has 0 saturated carbocycles. The second kappa shape index (κ2) is 10.4. The summed E-state index contributed by atoms with van der Waals surface area (Å²) < 4.78 is 30.9. The third-order valence-electron chi connectivity index (χ3n) is 4.43. The van der Waals surface area contributed by atoms with Crippen LogP contribution in [0.4, 0.5) is 8.78 Å². The van der Waals surface area contributed by atoms with Crippen LogP contribution < -0.4 is 10.1 Å². The van der Waals surface area contributed by atoms with Crippen molar-refractivity contribution in [1.82, 2.24) is 19.8 Å². The standard InChI is InChI=1S/C20H23F2N5O.HI/c1-23-20(24-12-18-25-16-6-4-5-7-17(16)27(18)3)26(2)13-14-8-10-15(11-9-14)28-19(21)22;/h4-11,19H,12-13H2,1-3H3,(H,23,24);1H. The van der Waals surface area contributed by atoms with Gasteiger partial charge in [0.25, 0.3) is 0 Å². The molecule has 0 bridgehead atoms. The van der Waals surface area contributed by atoms with Gasteiger partial charge in [0.2, 0.25) is 0 Å². The lowest BCUT2D eigenvalue weighted by molar-refractivity contribution is -0.0498. The molecular formula is C20H24F2IN5O. The zero-order chi connectivity index (χ0) is 20.1. The summed E-state index contributed by atoms with van der Waals surface area (Å²) in [6.07, 6.45) is 0. The molecule has 0 amide bonds. The van der Waals surface area contributed by atoms with Crippen LogP contribution >= 0.6 is 24.0 Å². The van der Waals surface area contributed by atoms with Gasteiger partial charge in [-0.05, 0) is 29.8 Å². The van der Waals surface area contributed by atoms with Gasteiger partial charge in [-0.25, -0.2) is 4.98 Å². The SMILES string of the molecule is CN=C(NCc1nc2ccccc2n1C)N(C)Cc1ccc(OC(F)F)cc1.I.